The van der Waals surface area contributed by atoms with Crippen molar-refractivity contribution in [1.29, 1.82) is 0 Å². The SMILES string of the molecule is C[SiH](C)O[Si](C)(C)S[Si](C)(C)O[SiH](C)C. The van der Waals surface area contributed by atoms with Gasteiger partial charge >= 0.3 is 0 Å². The molecule has 7 heteroatoms. The molecule has 0 unspecified atom stereocenters. The molecule has 0 fully saturated rings. The standard InChI is InChI=1S/C8H26O2SSi4/c1-12(2)9-14(5,6)11-15(7,8)10-13(3)4/h12-13H,1-8H3. The monoisotopic (exact) mass is 298 g/mol. The van der Waals surface area contributed by atoms with E-state index in [-0.39, 0.29) is 0 Å². The molecule has 0 aromatic heterocycles. The minimum Gasteiger partial charge on any atom is -0.451 e. The van der Waals surface area contributed by atoms with Gasteiger partial charge in [-0.3, -0.25) is 0 Å². The highest BCUT2D eigenvalue weighted by molar-refractivity contribution is 8.49. The van der Waals surface area contributed by atoms with Crippen molar-refractivity contribution in [2.75, 3.05) is 0 Å². The molecule has 0 aromatic rings. The lowest BCUT2D eigenvalue weighted by Gasteiger charge is -2.34. The van der Waals surface area contributed by atoms with Crippen LogP contribution in [0.1, 0.15) is 0 Å². The highest BCUT2D eigenvalue weighted by Gasteiger charge is 2.36. The van der Waals surface area contributed by atoms with Crippen LogP contribution >= 0.6 is 10.7 Å². The summed E-state index contributed by atoms with van der Waals surface area (Å²) in [4.78, 5) is 0. The van der Waals surface area contributed by atoms with E-state index in [1.54, 1.807) is 0 Å². The van der Waals surface area contributed by atoms with Crippen LogP contribution in [0, 0.1) is 0 Å². The van der Waals surface area contributed by atoms with E-state index in [1.165, 1.54) is 0 Å². The van der Waals surface area contributed by atoms with Crippen LogP contribution in [-0.4, -0.2) is 33.0 Å². The fraction of sp³-hybridized carbons (Fsp3) is 1.00. The minimum atomic E-state index is -1.53. The molecule has 15 heavy (non-hydrogen) atoms. The molecule has 0 aliphatic rings. The molecule has 0 bridgehead atoms. The highest BCUT2D eigenvalue weighted by atomic mass is 32.5. The van der Waals surface area contributed by atoms with Gasteiger partial charge in [0.25, 0.3) is 0 Å². The molecule has 0 N–H and O–H groups in total. The summed E-state index contributed by atoms with van der Waals surface area (Å²) in [5.74, 6) is 0. The maximum atomic E-state index is 6.17. The summed E-state index contributed by atoms with van der Waals surface area (Å²) in [6, 6.07) is 0. The maximum absolute atomic E-state index is 6.17. The lowest BCUT2D eigenvalue weighted by molar-refractivity contribution is 0.594. The third-order valence-electron chi connectivity index (χ3n) is 1.53. The molecule has 0 atom stereocenters. The Labute approximate surface area is 104 Å². The largest absolute Gasteiger partial charge is 0.451 e. The molecule has 0 spiro atoms. The summed E-state index contributed by atoms with van der Waals surface area (Å²) in [7, 11) is -2.80. The minimum absolute atomic E-state index is 0.902. The molecule has 0 saturated heterocycles. The van der Waals surface area contributed by atoms with Crippen LogP contribution in [0.5, 0.6) is 0 Å². The Morgan fingerprint density at radius 2 is 1.00 bits per heavy atom. The Morgan fingerprint density at radius 3 is 1.20 bits per heavy atom. The molecule has 0 radical (unpaired) electrons. The molecule has 2 nitrogen and oxygen atoms in total. The summed E-state index contributed by atoms with van der Waals surface area (Å²) in [5.41, 5.74) is 0. The van der Waals surface area contributed by atoms with Crippen molar-refractivity contribution in [3.05, 3.63) is 0 Å². The third kappa shape index (κ3) is 8.90. The van der Waals surface area contributed by atoms with Crippen molar-refractivity contribution in [2.45, 2.75) is 52.4 Å². The van der Waals surface area contributed by atoms with Gasteiger partial charge in [-0.25, -0.2) is 0 Å². The molecule has 0 amide bonds. The molecular weight excluding hydrogens is 272 g/mol. The Hall–Kier alpha value is 1.14. The summed E-state index contributed by atoms with van der Waals surface area (Å²) in [6.07, 6.45) is 0. The van der Waals surface area contributed by atoms with E-state index >= 15 is 0 Å². The fourth-order valence-corrected chi connectivity index (χ4v) is 33.6. The summed E-state index contributed by atoms with van der Waals surface area (Å²) in [5, 5.41) is 0. The van der Waals surface area contributed by atoms with Crippen LogP contribution in [0.2, 0.25) is 52.4 Å². The lowest BCUT2D eigenvalue weighted by atomic mass is 11.9. The van der Waals surface area contributed by atoms with Crippen LogP contribution in [0.25, 0.3) is 0 Å². The molecule has 0 rings (SSSR count). The van der Waals surface area contributed by atoms with Gasteiger partial charge in [-0.1, -0.05) is 0 Å². The Kier molecular flexibility index (Phi) is 6.64. The molecule has 0 aliphatic carbocycles. The average molecular weight is 299 g/mol. The van der Waals surface area contributed by atoms with Gasteiger partial charge < -0.3 is 8.23 Å². The zero-order valence-corrected chi connectivity index (χ0v) is 16.5. The van der Waals surface area contributed by atoms with Gasteiger partial charge in [-0.2, -0.15) is 10.7 Å². The lowest BCUT2D eigenvalue weighted by Crippen LogP contribution is -2.42. The van der Waals surface area contributed by atoms with E-state index in [2.05, 4.69) is 63.0 Å². The van der Waals surface area contributed by atoms with Crippen molar-refractivity contribution in [3.63, 3.8) is 0 Å². The summed E-state index contributed by atoms with van der Waals surface area (Å²) < 4.78 is 12.3. The molecule has 0 heterocycles. The normalized spacial score (nSPS) is 14.0. The third-order valence-corrected chi connectivity index (χ3v) is 24.4. The summed E-state index contributed by atoms with van der Waals surface area (Å²) in [6.45, 7) is 18.2. The summed E-state index contributed by atoms with van der Waals surface area (Å²) >= 11 is 0. The van der Waals surface area contributed by atoms with Crippen molar-refractivity contribution >= 4 is 43.7 Å². The van der Waals surface area contributed by atoms with E-state index in [0.29, 0.717) is 0 Å². The molecule has 92 valence electrons. The second kappa shape index (κ2) is 6.17. The molecule has 0 saturated carbocycles. The first-order valence-corrected chi connectivity index (χ1v) is 19.2. The highest BCUT2D eigenvalue weighted by Crippen LogP contribution is 2.33. The van der Waals surface area contributed by atoms with Crippen molar-refractivity contribution in [2.24, 2.45) is 0 Å². The Bertz CT molecular complexity index is 177. The van der Waals surface area contributed by atoms with Crippen LogP contribution in [0.15, 0.2) is 0 Å². The topological polar surface area (TPSA) is 18.5 Å². The maximum Gasteiger partial charge on any atom is 0.233 e. The predicted octanol–water partition coefficient (Wildman–Crippen LogP) is 3.12. The molecular formula is C8H26O2SSi4. The van der Waals surface area contributed by atoms with Gasteiger partial charge in [-0.05, 0) is 52.4 Å². The predicted molar refractivity (Wildman–Crippen MR) is 82.5 cm³/mol. The average Bonchev–Trinajstić information content (AvgIpc) is 1.73. The first kappa shape index (κ1) is 16.1. The van der Waals surface area contributed by atoms with Gasteiger partial charge in [0.2, 0.25) is 14.9 Å². The van der Waals surface area contributed by atoms with Crippen molar-refractivity contribution in [3.8, 4) is 0 Å². The first-order chi connectivity index (χ1) is 6.54. The quantitative estimate of drug-likeness (QED) is 0.702. The van der Waals surface area contributed by atoms with Crippen LogP contribution < -0.4 is 0 Å². The number of hydrogen-bond acceptors (Lipinski definition) is 3. The number of rotatable bonds is 6. The fourth-order valence-electron chi connectivity index (χ4n) is 1.78. The zero-order chi connectivity index (χ0) is 12.3. The first-order valence-electron chi connectivity index (χ1n) is 5.60. The van der Waals surface area contributed by atoms with Gasteiger partial charge in [-0.15, -0.1) is 0 Å². The van der Waals surface area contributed by atoms with Gasteiger partial charge in [0, 0.05) is 0 Å². The van der Waals surface area contributed by atoms with Crippen LogP contribution in [0.4, 0.5) is 0 Å². The Morgan fingerprint density at radius 1 is 0.733 bits per heavy atom. The van der Waals surface area contributed by atoms with Gasteiger partial charge in [0.05, 0.1) is 0 Å². The van der Waals surface area contributed by atoms with E-state index in [0.717, 1.165) is 0 Å². The zero-order valence-electron chi connectivity index (χ0n) is 11.4. The van der Waals surface area contributed by atoms with Crippen LogP contribution in [-0.2, 0) is 8.23 Å². The smallest absolute Gasteiger partial charge is 0.233 e. The van der Waals surface area contributed by atoms with Crippen molar-refractivity contribution in [1.82, 2.24) is 0 Å². The van der Waals surface area contributed by atoms with Crippen molar-refractivity contribution < 1.29 is 8.23 Å². The van der Waals surface area contributed by atoms with E-state index in [9.17, 15) is 0 Å². The van der Waals surface area contributed by atoms with E-state index in [1.807, 2.05) is 0 Å². The second-order valence-corrected chi connectivity index (χ2v) is 25.5. The van der Waals surface area contributed by atoms with Gasteiger partial charge in [0.15, 0.2) is 18.1 Å². The Balaban J connectivity index is 4.29. The second-order valence-electron chi connectivity index (χ2n) is 5.23. The molecule has 0 aromatic carbocycles. The number of hydrogen-bond donors (Lipinski definition) is 0. The van der Waals surface area contributed by atoms with Crippen LogP contribution in [0.3, 0.4) is 0 Å². The van der Waals surface area contributed by atoms with E-state index in [4.69, 9.17) is 8.23 Å². The van der Waals surface area contributed by atoms with Gasteiger partial charge in [0.1, 0.15) is 0 Å². The molecule has 0 aliphatic heterocycles. The van der Waals surface area contributed by atoms with E-state index < -0.39 is 33.0 Å².